The summed E-state index contributed by atoms with van der Waals surface area (Å²) < 4.78 is 6.51. The first-order valence-corrected chi connectivity index (χ1v) is 11.7. The van der Waals surface area contributed by atoms with Gasteiger partial charge in [-0.05, 0) is 81.4 Å². The standard InChI is InChI=1S/C28H25BrN2O/c1-2-16-32-27-15-10-19(17-25(27)29)18-30-21-13-11-20(12-14-21)28-24-8-5-7-22(24)23-6-3-4-9-26(23)31-28/h2-7,9-15,17-18,22,24,28,31H,1,8,16H2/t22-,24+,28+/m1/s1. The highest BCUT2D eigenvalue weighted by Gasteiger charge is 2.37. The molecular formula is C28H25BrN2O. The maximum absolute atomic E-state index is 5.61. The van der Waals surface area contributed by atoms with Gasteiger partial charge in [0.05, 0.1) is 16.2 Å². The van der Waals surface area contributed by atoms with Crippen molar-refractivity contribution in [3.05, 3.63) is 113 Å². The first-order chi connectivity index (χ1) is 15.7. The van der Waals surface area contributed by atoms with Crippen LogP contribution in [0.4, 0.5) is 11.4 Å². The average Bonchev–Trinajstić information content (AvgIpc) is 3.32. The molecule has 2 aliphatic rings. The summed E-state index contributed by atoms with van der Waals surface area (Å²) in [6.07, 6.45) is 9.43. The molecule has 0 spiro atoms. The van der Waals surface area contributed by atoms with Crippen molar-refractivity contribution in [3.8, 4) is 5.75 Å². The van der Waals surface area contributed by atoms with Crippen LogP contribution in [-0.4, -0.2) is 12.8 Å². The van der Waals surface area contributed by atoms with Crippen molar-refractivity contribution in [2.45, 2.75) is 18.4 Å². The van der Waals surface area contributed by atoms with Gasteiger partial charge in [-0.15, -0.1) is 0 Å². The average molecular weight is 485 g/mol. The number of fused-ring (bicyclic) bond motifs is 3. The monoisotopic (exact) mass is 484 g/mol. The van der Waals surface area contributed by atoms with Gasteiger partial charge in [0.1, 0.15) is 12.4 Å². The molecule has 0 amide bonds. The number of rotatable bonds is 6. The van der Waals surface area contributed by atoms with E-state index in [4.69, 9.17) is 4.74 Å². The quantitative estimate of drug-likeness (QED) is 0.288. The Morgan fingerprint density at radius 3 is 2.75 bits per heavy atom. The molecular weight excluding hydrogens is 460 g/mol. The lowest BCUT2D eigenvalue weighted by Gasteiger charge is -2.37. The van der Waals surface area contributed by atoms with Crippen molar-refractivity contribution in [2.24, 2.45) is 10.9 Å². The van der Waals surface area contributed by atoms with Crippen molar-refractivity contribution in [3.63, 3.8) is 0 Å². The summed E-state index contributed by atoms with van der Waals surface area (Å²) >= 11 is 3.56. The highest BCUT2D eigenvalue weighted by atomic mass is 79.9. The fourth-order valence-corrected chi connectivity index (χ4v) is 5.16. The zero-order valence-corrected chi connectivity index (χ0v) is 19.3. The van der Waals surface area contributed by atoms with Gasteiger partial charge in [-0.25, -0.2) is 0 Å². The van der Waals surface area contributed by atoms with E-state index in [2.05, 4.69) is 93.5 Å². The first-order valence-electron chi connectivity index (χ1n) is 10.9. The molecule has 1 aliphatic carbocycles. The summed E-state index contributed by atoms with van der Waals surface area (Å²) in [5.41, 5.74) is 5.92. The van der Waals surface area contributed by atoms with Crippen LogP contribution < -0.4 is 10.1 Å². The van der Waals surface area contributed by atoms with Crippen molar-refractivity contribution in [1.29, 1.82) is 0 Å². The van der Waals surface area contributed by atoms with Gasteiger partial charge in [0.2, 0.25) is 0 Å². The van der Waals surface area contributed by atoms with Gasteiger partial charge in [0.25, 0.3) is 0 Å². The minimum Gasteiger partial charge on any atom is -0.488 e. The normalized spacial score (nSPS) is 21.1. The number of para-hydroxylation sites is 1. The predicted molar refractivity (Wildman–Crippen MR) is 136 cm³/mol. The van der Waals surface area contributed by atoms with Gasteiger partial charge in [-0.2, -0.15) is 0 Å². The molecule has 1 heterocycles. The molecule has 0 aromatic heterocycles. The third-order valence-electron chi connectivity index (χ3n) is 6.20. The fraction of sp³-hybridized carbons (Fsp3) is 0.179. The van der Waals surface area contributed by atoms with Gasteiger partial charge >= 0.3 is 0 Å². The summed E-state index contributed by atoms with van der Waals surface area (Å²) in [4.78, 5) is 4.66. The van der Waals surface area contributed by atoms with E-state index in [0.717, 1.165) is 27.9 Å². The number of halogens is 1. The topological polar surface area (TPSA) is 33.6 Å². The maximum Gasteiger partial charge on any atom is 0.133 e. The number of allylic oxidation sites excluding steroid dienone is 2. The van der Waals surface area contributed by atoms with Crippen LogP contribution in [-0.2, 0) is 0 Å². The van der Waals surface area contributed by atoms with E-state index in [0.29, 0.717) is 24.5 Å². The number of ether oxygens (including phenoxy) is 1. The third-order valence-corrected chi connectivity index (χ3v) is 6.82. The van der Waals surface area contributed by atoms with Crippen LogP contribution in [0.2, 0.25) is 0 Å². The number of anilines is 1. The Labute approximate surface area is 197 Å². The summed E-state index contributed by atoms with van der Waals surface area (Å²) in [7, 11) is 0. The van der Waals surface area contributed by atoms with Crippen LogP contribution in [0.1, 0.15) is 35.1 Å². The van der Waals surface area contributed by atoms with Crippen LogP contribution in [0.15, 0.2) is 101 Å². The molecule has 3 nitrogen and oxygen atoms in total. The van der Waals surface area contributed by atoms with E-state index in [1.807, 2.05) is 24.4 Å². The smallest absolute Gasteiger partial charge is 0.133 e. The van der Waals surface area contributed by atoms with Crippen LogP contribution >= 0.6 is 15.9 Å². The number of hydrogen-bond donors (Lipinski definition) is 1. The first kappa shape index (κ1) is 20.8. The zero-order valence-electron chi connectivity index (χ0n) is 17.7. The van der Waals surface area contributed by atoms with Crippen LogP contribution in [0, 0.1) is 5.92 Å². The molecule has 3 aromatic carbocycles. The van der Waals surface area contributed by atoms with Crippen molar-refractivity contribution in [2.75, 3.05) is 11.9 Å². The fourth-order valence-electron chi connectivity index (χ4n) is 4.65. The molecule has 3 atom stereocenters. The second-order valence-corrected chi connectivity index (χ2v) is 9.06. The summed E-state index contributed by atoms with van der Waals surface area (Å²) in [6, 6.07) is 23.5. The van der Waals surface area contributed by atoms with E-state index in [1.54, 1.807) is 6.08 Å². The molecule has 1 aliphatic heterocycles. The Morgan fingerprint density at radius 2 is 1.94 bits per heavy atom. The molecule has 0 bridgehead atoms. The van der Waals surface area contributed by atoms with E-state index < -0.39 is 0 Å². The Morgan fingerprint density at radius 1 is 1.09 bits per heavy atom. The predicted octanol–water partition coefficient (Wildman–Crippen LogP) is 7.59. The van der Waals surface area contributed by atoms with Crippen LogP contribution in [0.25, 0.3) is 0 Å². The van der Waals surface area contributed by atoms with Gasteiger partial charge in [-0.1, -0.05) is 55.1 Å². The lowest BCUT2D eigenvalue weighted by molar-refractivity contribution is 0.361. The second kappa shape index (κ2) is 9.17. The number of aliphatic imine (C=N–C) groups is 1. The van der Waals surface area contributed by atoms with E-state index >= 15 is 0 Å². The molecule has 1 N–H and O–H groups in total. The van der Waals surface area contributed by atoms with E-state index in [9.17, 15) is 0 Å². The molecule has 32 heavy (non-hydrogen) atoms. The summed E-state index contributed by atoms with van der Waals surface area (Å²) in [6.45, 7) is 4.16. The van der Waals surface area contributed by atoms with Crippen LogP contribution in [0.5, 0.6) is 5.75 Å². The summed E-state index contributed by atoms with van der Waals surface area (Å²) in [5.74, 6) is 1.85. The molecule has 5 rings (SSSR count). The molecule has 0 unspecified atom stereocenters. The van der Waals surface area contributed by atoms with Gasteiger partial charge in [0.15, 0.2) is 0 Å². The van der Waals surface area contributed by atoms with Crippen molar-refractivity contribution >= 4 is 33.5 Å². The molecule has 0 fully saturated rings. The highest BCUT2D eigenvalue weighted by molar-refractivity contribution is 9.10. The Bertz CT molecular complexity index is 1180. The van der Waals surface area contributed by atoms with E-state index in [1.165, 1.54) is 16.8 Å². The Hall–Kier alpha value is -3.11. The molecule has 160 valence electrons. The second-order valence-electron chi connectivity index (χ2n) is 8.20. The number of nitrogens with one attached hydrogen (secondary N) is 1. The maximum atomic E-state index is 5.61. The van der Waals surface area contributed by atoms with Crippen molar-refractivity contribution in [1.82, 2.24) is 0 Å². The van der Waals surface area contributed by atoms with Crippen molar-refractivity contribution < 1.29 is 4.74 Å². The molecule has 0 radical (unpaired) electrons. The molecule has 3 aromatic rings. The Balaban J connectivity index is 1.32. The highest BCUT2D eigenvalue weighted by Crippen LogP contribution is 2.49. The van der Waals surface area contributed by atoms with Gasteiger partial charge in [-0.3, -0.25) is 4.99 Å². The minimum absolute atomic E-state index is 0.307. The van der Waals surface area contributed by atoms with Crippen LogP contribution in [0.3, 0.4) is 0 Å². The summed E-state index contributed by atoms with van der Waals surface area (Å²) in [5, 5.41) is 3.79. The van der Waals surface area contributed by atoms with Gasteiger partial charge in [0, 0.05) is 17.8 Å². The van der Waals surface area contributed by atoms with E-state index in [-0.39, 0.29) is 0 Å². The number of nitrogens with zero attached hydrogens (tertiary/aromatic N) is 1. The SMILES string of the molecule is C=CCOc1ccc(C=Nc2ccc([C@@H]3Nc4ccccc4[C@H]4C=CC[C@@H]43)cc2)cc1Br. The Kier molecular flexibility index (Phi) is 5.95. The van der Waals surface area contributed by atoms with Gasteiger partial charge < -0.3 is 10.1 Å². The molecule has 0 saturated carbocycles. The molecule has 4 heteroatoms. The number of benzene rings is 3. The minimum atomic E-state index is 0.307. The lowest BCUT2D eigenvalue weighted by Crippen LogP contribution is -2.28. The molecule has 0 saturated heterocycles. The largest absolute Gasteiger partial charge is 0.488 e. The number of hydrogen-bond acceptors (Lipinski definition) is 3. The zero-order chi connectivity index (χ0) is 21.9. The third kappa shape index (κ3) is 4.15. The lowest BCUT2D eigenvalue weighted by atomic mass is 9.77.